The standard InChI is InChI=1S/C13H18BrN3O2/c1-9-8-10(5-6-11(9)14)17-12(18)4-2-3-7-16-13(15)19/h5-6,8H,2-4,7H2,1H3,(H,17,18)(H3,15,16,19). The first-order valence-corrected chi connectivity index (χ1v) is 6.87. The van der Waals surface area contributed by atoms with E-state index in [1.54, 1.807) is 0 Å². The molecule has 0 aromatic heterocycles. The van der Waals surface area contributed by atoms with Crippen molar-refractivity contribution in [3.05, 3.63) is 28.2 Å². The first-order valence-electron chi connectivity index (χ1n) is 6.08. The molecule has 19 heavy (non-hydrogen) atoms. The Balaban J connectivity index is 2.27. The number of carbonyl (C=O) groups is 2. The minimum Gasteiger partial charge on any atom is -0.352 e. The number of amides is 3. The molecule has 0 aliphatic heterocycles. The molecule has 3 amide bonds. The predicted octanol–water partition coefficient (Wildman–Crippen LogP) is 2.53. The number of benzene rings is 1. The molecule has 0 unspecified atom stereocenters. The average Bonchev–Trinajstić information content (AvgIpc) is 2.33. The van der Waals surface area contributed by atoms with Gasteiger partial charge >= 0.3 is 6.03 Å². The van der Waals surface area contributed by atoms with Crippen molar-refractivity contribution < 1.29 is 9.59 Å². The number of unbranched alkanes of at least 4 members (excludes halogenated alkanes) is 1. The van der Waals surface area contributed by atoms with Crippen molar-refractivity contribution in [2.75, 3.05) is 11.9 Å². The minimum atomic E-state index is -0.533. The molecule has 0 fully saturated rings. The first-order chi connectivity index (χ1) is 8.99. The molecule has 0 saturated carbocycles. The lowest BCUT2D eigenvalue weighted by atomic mass is 10.2. The highest BCUT2D eigenvalue weighted by molar-refractivity contribution is 9.10. The van der Waals surface area contributed by atoms with E-state index in [1.807, 2.05) is 25.1 Å². The number of anilines is 1. The smallest absolute Gasteiger partial charge is 0.312 e. The Labute approximate surface area is 121 Å². The molecule has 6 heteroatoms. The highest BCUT2D eigenvalue weighted by atomic mass is 79.9. The highest BCUT2D eigenvalue weighted by Crippen LogP contribution is 2.20. The molecule has 1 rings (SSSR count). The predicted molar refractivity (Wildman–Crippen MR) is 78.9 cm³/mol. The lowest BCUT2D eigenvalue weighted by molar-refractivity contribution is -0.116. The quantitative estimate of drug-likeness (QED) is 0.701. The Morgan fingerprint density at radius 2 is 2.05 bits per heavy atom. The zero-order valence-electron chi connectivity index (χ0n) is 10.8. The molecule has 0 spiro atoms. The molecule has 0 aliphatic rings. The Morgan fingerprint density at radius 1 is 1.32 bits per heavy atom. The number of primary amides is 1. The van der Waals surface area contributed by atoms with Crippen LogP contribution in [-0.4, -0.2) is 18.5 Å². The van der Waals surface area contributed by atoms with Crippen molar-refractivity contribution in [3.63, 3.8) is 0 Å². The largest absolute Gasteiger partial charge is 0.352 e. The molecule has 0 heterocycles. The van der Waals surface area contributed by atoms with Crippen LogP contribution in [0.15, 0.2) is 22.7 Å². The molecule has 0 atom stereocenters. The van der Waals surface area contributed by atoms with Gasteiger partial charge in [-0.2, -0.15) is 0 Å². The lowest BCUT2D eigenvalue weighted by Gasteiger charge is -2.07. The van der Waals surface area contributed by atoms with Crippen LogP contribution >= 0.6 is 15.9 Å². The Hall–Kier alpha value is -1.56. The van der Waals surface area contributed by atoms with Crippen molar-refractivity contribution in [1.29, 1.82) is 0 Å². The van der Waals surface area contributed by atoms with Crippen molar-refractivity contribution in [2.24, 2.45) is 5.73 Å². The van der Waals surface area contributed by atoms with E-state index >= 15 is 0 Å². The van der Waals surface area contributed by atoms with E-state index in [0.29, 0.717) is 19.4 Å². The van der Waals surface area contributed by atoms with E-state index in [-0.39, 0.29) is 5.91 Å². The van der Waals surface area contributed by atoms with Gasteiger partial charge in [0.05, 0.1) is 0 Å². The van der Waals surface area contributed by atoms with Crippen LogP contribution in [0.25, 0.3) is 0 Å². The van der Waals surface area contributed by atoms with Crippen molar-refractivity contribution in [1.82, 2.24) is 5.32 Å². The molecule has 1 aromatic carbocycles. The molecule has 5 nitrogen and oxygen atoms in total. The number of nitrogens with one attached hydrogen (secondary N) is 2. The van der Waals surface area contributed by atoms with E-state index in [9.17, 15) is 9.59 Å². The van der Waals surface area contributed by atoms with Gasteiger partial charge in [-0.15, -0.1) is 0 Å². The summed E-state index contributed by atoms with van der Waals surface area (Å²) in [6.07, 6.45) is 1.87. The van der Waals surface area contributed by atoms with E-state index in [4.69, 9.17) is 5.73 Å². The Morgan fingerprint density at radius 3 is 2.68 bits per heavy atom. The summed E-state index contributed by atoms with van der Waals surface area (Å²) in [5, 5.41) is 5.32. The lowest BCUT2D eigenvalue weighted by Crippen LogP contribution is -2.30. The van der Waals surface area contributed by atoms with Gasteiger partial charge in [-0.1, -0.05) is 15.9 Å². The SMILES string of the molecule is Cc1cc(NC(=O)CCCCNC(N)=O)ccc1Br. The van der Waals surface area contributed by atoms with Crippen molar-refractivity contribution in [2.45, 2.75) is 26.2 Å². The summed E-state index contributed by atoms with van der Waals surface area (Å²) in [5.74, 6) is -0.0270. The maximum Gasteiger partial charge on any atom is 0.312 e. The van der Waals surface area contributed by atoms with E-state index < -0.39 is 6.03 Å². The second-order valence-electron chi connectivity index (χ2n) is 4.26. The van der Waals surface area contributed by atoms with Gasteiger partial charge in [0, 0.05) is 23.1 Å². The van der Waals surface area contributed by atoms with Crippen LogP contribution in [0.3, 0.4) is 0 Å². The van der Waals surface area contributed by atoms with Crippen molar-refractivity contribution in [3.8, 4) is 0 Å². The van der Waals surface area contributed by atoms with E-state index in [1.165, 1.54) is 0 Å². The molecule has 0 aliphatic carbocycles. The molecule has 0 saturated heterocycles. The van der Waals surface area contributed by atoms with Crippen LogP contribution in [0.2, 0.25) is 0 Å². The maximum absolute atomic E-state index is 11.7. The third-order valence-corrected chi connectivity index (χ3v) is 3.46. The van der Waals surface area contributed by atoms with Crippen LogP contribution in [0.5, 0.6) is 0 Å². The molecule has 104 valence electrons. The summed E-state index contributed by atoms with van der Waals surface area (Å²) >= 11 is 3.41. The average molecular weight is 328 g/mol. The van der Waals surface area contributed by atoms with Gasteiger partial charge in [0.1, 0.15) is 0 Å². The zero-order chi connectivity index (χ0) is 14.3. The summed E-state index contributed by atoms with van der Waals surface area (Å²) in [4.78, 5) is 22.1. The van der Waals surface area contributed by atoms with E-state index in [0.717, 1.165) is 22.1 Å². The minimum absolute atomic E-state index is 0.0270. The number of hydrogen-bond acceptors (Lipinski definition) is 2. The fourth-order valence-electron chi connectivity index (χ4n) is 1.57. The van der Waals surface area contributed by atoms with Gasteiger partial charge in [-0.3, -0.25) is 4.79 Å². The number of halogens is 1. The number of urea groups is 1. The second kappa shape index (κ2) is 7.78. The Bertz CT molecular complexity index is 463. The maximum atomic E-state index is 11.7. The molecule has 4 N–H and O–H groups in total. The van der Waals surface area contributed by atoms with Gasteiger partial charge in [0.25, 0.3) is 0 Å². The van der Waals surface area contributed by atoms with Gasteiger partial charge in [0.15, 0.2) is 0 Å². The third-order valence-electron chi connectivity index (χ3n) is 2.57. The molecule has 0 bridgehead atoms. The number of carbonyl (C=O) groups excluding carboxylic acids is 2. The van der Waals surface area contributed by atoms with Gasteiger partial charge < -0.3 is 16.4 Å². The number of rotatable bonds is 6. The topological polar surface area (TPSA) is 84.2 Å². The Kier molecular flexibility index (Phi) is 6.35. The highest BCUT2D eigenvalue weighted by Gasteiger charge is 2.03. The fraction of sp³-hybridized carbons (Fsp3) is 0.385. The summed E-state index contributed by atoms with van der Waals surface area (Å²) in [5.41, 5.74) is 6.80. The van der Waals surface area contributed by atoms with Gasteiger partial charge in [-0.05, 0) is 43.5 Å². The van der Waals surface area contributed by atoms with Crippen LogP contribution in [0.4, 0.5) is 10.5 Å². The monoisotopic (exact) mass is 327 g/mol. The summed E-state index contributed by atoms with van der Waals surface area (Å²) in [7, 11) is 0. The molecular weight excluding hydrogens is 310 g/mol. The molecule has 0 radical (unpaired) electrons. The van der Waals surface area contributed by atoms with Crippen LogP contribution in [0, 0.1) is 6.92 Å². The fourth-order valence-corrected chi connectivity index (χ4v) is 1.81. The van der Waals surface area contributed by atoms with E-state index in [2.05, 4.69) is 26.6 Å². The molecule has 1 aromatic rings. The first kappa shape index (κ1) is 15.5. The van der Waals surface area contributed by atoms with Crippen LogP contribution in [-0.2, 0) is 4.79 Å². The summed E-state index contributed by atoms with van der Waals surface area (Å²) < 4.78 is 1.02. The van der Waals surface area contributed by atoms with Gasteiger partial charge in [0.2, 0.25) is 5.91 Å². The second-order valence-corrected chi connectivity index (χ2v) is 5.11. The van der Waals surface area contributed by atoms with Crippen LogP contribution < -0.4 is 16.4 Å². The summed E-state index contributed by atoms with van der Waals surface area (Å²) in [6.45, 7) is 2.47. The normalized spacial score (nSPS) is 10.0. The number of aryl methyl sites for hydroxylation is 1. The molecular formula is C13H18BrN3O2. The van der Waals surface area contributed by atoms with Gasteiger partial charge in [-0.25, -0.2) is 4.79 Å². The number of hydrogen-bond donors (Lipinski definition) is 3. The van der Waals surface area contributed by atoms with Crippen molar-refractivity contribution >= 4 is 33.6 Å². The number of nitrogens with two attached hydrogens (primary N) is 1. The van der Waals surface area contributed by atoms with Crippen LogP contribution in [0.1, 0.15) is 24.8 Å². The third kappa shape index (κ3) is 6.24. The summed E-state index contributed by atoms with van der Waals surface area (Å²) in [6, 6.07) is 5.14. The zero-order valence-corrected chi connectivity index (χ0v) is 12.4.